The molecule has 0 aliphatic heterocycles. The van der Waals surface area contributed by atoms with E-state index in [1.807, 2.05) is 37.3 Å². The van der Waals surface area contributed by atoms with Gasteiger partial charge in [0.25, 0.3) is 5.69 Å². The molecule has 0 saturated heterocycles. The number of para-hydroxylation sites is 1. The number of hydrogen-bond acceptors (Lipinski definition) is 4. The van der Waals surface area contributed by atoms with Gasteiger partial charge in [0.2, 0.25) is 11.8 Å². The molecule has 0 spiro atoms. The molecule has 1 N–H and O–H groups in total. The molecule has 37 heavy (non-hydrogen) atoms. The zero-order valence-corrected chi connectivity index (χ0v) is 22.0. The van der Waals surface area contributed by atoms with Crippen LogP contribution in [0.2, 0.25) is 10.0 Å². The van der Waals surface area contributed by atoms with Crippen LogP contribution in [0.25, 0.3) is 0 Å². The van der Waals surface area contributed by atoms with Crippen LogP contribution in [0, 0.1) is 10.1 Å². The number of nitrogens with one attached hydrogen (secondary N) is 1. The summed E-state index contributed by atoms with van der Waals surface area (Å²) < 4.78 is 0. The van der Waals surface area contributed by atoms with Crippen LogP contribution in [0.1, 0.15) is 36.5 Å². The number of nitro groups is 1. The highest BCUT2D eigenvalue weighted by atomic mass is 35.5. The molecule has 0 saturated carbocycles. The van der Waals surface area contributed by atoms with Crippen LogP contribution in [-0.2, 0) is 29.0 Å². The van der Waals surface area contributed by atoms with Crippen molar-refractivity contribution < 1.29 is 14.5 Å². The molecular formula is C28H29Cl2N3O4. The minimum absolute atomic E-state index is 0.0311. The van der Waals surface area contributed by atoms with Crippen molar-refractivity contribution in [2.45, 2.75) is 45.2 Å². The molecule has 1 unspecified atom stereocenters. The minimum atomic E-state index is -0.887. The van der Waals surface area contributed by atoms with Crippen LogP contribution in [-0.4, -0.2) is 34.2 Å². The Hall–Kier alpha value is -3.42. The van der Waals surface area contributed by atoms with E-state index < -0.39 is 16.9 Å². The first-order valence-electron chi connectivity index (χ1n) is 12.1. The van der Waals surface area contributed by atoms with Crippen molar-refractivity contribution in [3.63, 3.8) is 0 Å². The number of unbranched alkanes of at least 4 members (excludes halogenated alkanes) is 1. The van der Waals surface area contributed by atoms with Gasteiger partial charge in [0.05, 0.1) is 11.3 Å². The highest BCUT2D eigenvalue weighted by Gasteiger charge is 2.32. The van der Waals surface area contributed by atoms with E-state index in [0.29, 0.717) is 22.2 Å². The Morgan fingerprint density at radius 2 is 1.62 bits per heavy atom. The van der Waals surface area contributed by atoms with E-state index in [-0.39, 0.29) is 36.5 Å². The molecule has 0 aliphatic rings. The average Bonchev–Trinajstić information content (AvgIpc) is 2.88. The van der Waals surface area contributed by atoms with Crippen LogP contribution in [0.3, 0.4) is 0 Å². The lowest BCUT2D eigenvalue weighted by molar-refractivity contribution is -0.385. The van der Waals surface area contributed by atoms with Gasteiger partial charge in [-0.2, -0.15) is 0 Å². The zero-order valence-electron chi connectivity index (χ0n) is 20.5. The van der Waals surface area contributed by atoms with Crippen LogP contribution in [0.4, 0.5) is 5.69 Å². The Labute approximate surface area is 226 Å². The Kier molecular flexibility index (Phi) is 10.5. The molecule has 3 rings (SSSR count). The maximum Gasteiger partial charge on any atom is 0.273 e. The fourth-order valence-corrected chi connectivity index (χ4v) is 4.53. The first kappa shape index (κ1) is 28.2. The summed E-state index contributed by atoms with van der Waals surface area (Å²) >= 11 is 12.9. The van der Waals surface area contributed by atoms with Crippen molar-refractivity contribution in [2.24, 2.45) is 0 Å². The van der Waals surface area contributed by atoms with E-state index in [0.717, 1.165) is 18.4 Å². The maximum atomic E-state index is 13.8. The van der Waals surface area contributed by atoms with Gasteiger partial charge in [0.1, 0.15) is 6.04 Å². The van der Waals surface area contributed by atoms with Crippen molar-refractivity contribution in [1.82, 2.24) is 10.2 Å². The van der Waals surface area contributed by atoms with Gasteiger partial charge in [-0.05, 0) is 24.1 Å². The Morgan fingerprint density at radius 3 is 2.27 bits per heavy atom. The summed E-state index contributed by atoms with van der Waals surface area (Å²) in [7, 11) is 0. The van der Waals surface area contributed by atoms with Crippen LogP contribution in [0.5, 0.6) is 0 Å². The van der Waals surface area contributed by atoms with Gasteiger partial charge in [-0.3, -0.25) is 19.7 Å². The number of amides is 2. The van der Waals surface area contributed by atoms with Crippen molar-refractivity contribution in [3.05, 3.63) is 110 Å². The molecule has 1 atom stereocenters. The number of hydrogen-bond donors (Lipinski definition) is 1. The molecular weight excluding hydrogens is 513 g/mol. The minimum Gasteiger partial charge on any atom is -0.354 e. The smallest absolute Gasteiger partial charge is 0.273 e. The highest BCUT2D eigenvalue weighted by molar-refractivity contribution is 6.36. The van der Waals surface area contributed by atoms with Crippen LogP contribution in [0.15, 0.2) is 72.8 Å². The Balaban J connectivity index is 2.03. The van der Waals surface area contributed by atoms with E-state index in [2.05, 4.69) is 5.32 Å². The molecule has 0 bridgehead atoms. The predicted molar refractivity (Wildman–Crippen MR) is 146 cm³/mol. The van der Waals surface area contributed by atoms with Crippen molar-refractivity contribution in [3.8, 4) is 0 Å². The summed E-state index contributed by atoms with van der Waals surface area (Å²) in [6, 6.07) is 19.6. The Morgan fingerprint density at radius 1 is 0.973 bits per heavy atom. The molecule has 194 valence electrons. The summed E-state index contributed by atoms with van der Waals surface area (Å²) in [4.78, 5) is 39.8. The molecule has 3 aromatic rings. The molecule has 7 nitrogen and oxygen atoms in total. The number of nitro benzene ring substituents is 1. The number of carbonyl (C=O) groups excluding carboxylic acids is 2. The summed E-state index contributed by atoms with van der Waals surface area (Å²) in [5.74, 6) is -0.756. The second kappa shape index (κ2) is 13.8. The summed E-state index contributed by atoms with van der Waals surface area (Å²) in [6.07, 6.45) is 1.69. The third kappa shape index (κ3) is 7.78. The molecule has 0 radical (unpaired) electrons. The largest absolute Gasteiger partial charge is 0.354 e. The van der Waals surface area contributed by atoms with E-state index in [9.17, 15) is 19.7 Å². The van der Waals surface area contributed by atoms with E-state index >= 15 is 0 Å². The fourth-order valence-electron chi connectivity index (χ4n) is 4.02. The lowest BCUT2D eigenvalue weighted by atomic mass is 10.0. The number of benzene rings is 3. The van der Waals surface area contributed by atoms with Gasteiger partial charge < -0.3 is 10.2 Å². The van der Waals surface area contributed by atoms with Crippen molar-refractivity contribution in [2.75, 3.05) is 6.54 Å². The predicted octanol–water partition coefficient (Wildman–Crippen LogP) is 6.00. The van der Waals surface area contributed by atoms with Crippen molar-refractivity contribution in [1.29, 1.82) is 0 Å². The Bertz CT molecular complexity index is 1220. The zero-order chi connectivity index (χ0) is 26.8. The average molecular weight is 542 g/mol. The summed E-state index contributed by atoms with van der Waals surface area (Å²) in [5.41, 5.74) is 1.48. The van der Waals surface area contributed by atoms with E-state index in [1.165, 1.54) is 11.0 Å². The lowest BCUT2D eigenvalue weighted by Gasteiger charge is -2.32. The molecule has 0 heterocycles. The first-order valence-corrected chi connectivity index (χ1v) is 12.8. The lowest BCUT2D eigenvalue weighted by Crippen LogP contribution is -2.51. The second-order valence-electron chi connectivity index (χ2n) is 8.63. The SMILES string of the molecule is CCCCNC(=O)C(Cc1ccccc1)N(Cc1c(Cl)cccc1Cl)C(=O)Cc1ccccc1[N+](=O)[O-]. The second-order valence-corrected chi connectivity index (χ2v) is 9.45. The van der Waals surface area contributed by atoms with Gasteiger partial charge in [0, 0.05) is 46.7 Å². The molecule has 9 heteroatoms. The topological polar surface area (TPSA) is 92.6 Å². The highest BCUT2D eigenvalue weighted by Crippen LogP contribution is 2.28. The quantitative estimate of drug-likeness (QED) is 0.173. The molecule has 0 fully saturated rings. The van der Waals surface area contributed by atoms with Gasteiger partial charge in [0.15, 0.2) is 0 Å². The van der Waals surface area contributed by atoms with E-state index in [4.69, 9.17) is 23.2 Å². The van der Waals surface area contributed by atoms with Crippen LogP contribution >= 0.6 is 23.2 Å². The van der Waals surface area contributed by atoms with Gasteiger partial charge in [-0.25, -0.2) is 0 Å². The summed E-state index contributed by atoms with van der Waals surface area (Å²) in [6.45, 7) is 2.46. The van der Waals surface area contributed by atoms with Gasteiger partial charge in [-0.15, -0.1) is 0 Å². The summed E-state index contributed by atoms with van der Waals surface area (Å²) in [5, 5.41) is 15.2. The normalized spacial score (nSPS) is 11.5. The first-order chi connectivity index (χ1) is 17.8. The maximum absolute atomic E-state index is 13.8. The monoisotopic (exact) mass is 541 g/mol. The number of nitrogens with zero attached hydrogens (tertiary/aromatic N) is 2. The molecule has 2 amide bonds. The molecule has 0 aromatic heterocycles. The fraction of sp³-hybridized carbons (Fsp3) is 0.286. The number of halogens is 2. The number of carbonyl (C=O) groups is 2. The van der Waals surface area contributed by atoms with Crippen LogP contribution < -0.4 is 5.32 Å². The third-order valence-electron chi connectivity index (χ3n) is 6.02. The van der Waals surface area contributed by atoms with Gasteiger partial charge in [-0.1, -0.05) is 91.1 Å². The molecule has 3 aromatic carbocycles. The van der Waals surface area contributed by atoms with Gasteiger partial charge >= 0.3 is 0 Å². The standard InChI is InChI=1S/C28H29Cl2N3O4/c1-2-3-16-31-28(35)26(17-20-10-5-4-6-11-20)32(19-22-23(29)13-9-14-24(22)30)27(34)18-21-12-7-8-15-25(21)33(36)37/h4-15,26H,2-3,16-19H2,1H3,(H,31,35). The third-order valence-corrected chi connectivity index (χ3v) is 6.73. The number of rotatable bonds is 12. The molecule has 0 aliphatic carbocycles. The van der Waals surface area contributed by atoms with Crippen molar-refractivity contribution >= 4 is 40.7 Å². The van der Waals surface area contributed by atoms with E-state index in [1.54, 1.807) is 36.4 Å².